The summed E-state index contributed by atoms with van der Waals surface area (Å²) in [7, 11) is 0. The van der Waals surface area contributed by atoms with Crippen LogP contribution in [0.15, 0.2) is 46.4 Å². The minimum atomic E-state index is -0.464. The van der Waals surface area contributed by atoms with E-state index in [0.29, 0.717) is 33.7 Å². The summed E-state index contributed by atoms with van der Waals surface area (Å²) < 4.78 is 12.1. The van der Waals surface area contributed by atoms with E-state index in [4.69, 9.17) is 9.47 Å². The van der Waals surface area contributed by atoms with Crippen molar-refractivity contribution in [1.29, 1.82) is 5.26 Å². The molecule has 2 aromatic carbocycles. The quantitative estimate of drug-likeness (QED) is 0.236. The number of nitro groups is 1. The molecule has 0 aliphatic heterocycles. The maximum Gasteiger partial charge on any atom is 0.269 e. The number of ether oxygens (including phenoxy) is 2. The van der Waals surface area contributed by atoms with E-state index in [1.165, 1.54) is 18.2 Å². The minimum Gasteiger partial charge on any atom is -0.490 e. The Balaban J connectivity index is 2.32. The molecule has 0 radical (unpaired) electrons. The Kier molecular flexibility index (Phi) is 8.58. The lowest BCUT2D eigenvalue weighted by molar-refractivity contribution is -0.384. The number of carbonyl (C=O) groups excluding carboxylic acids is 1. The first-order valence-electron chi connectivity index (χ1n) is 9.50. The molecular weight excluding hydrogens is 466 g/mol. The number of nitriles is 1. The Labute approximate surface area is 188 Å². The standard InChI is InChI=1S/C22H22BrN3O5/c1-4-30-20-11-16(8-17(12-24)22(27)25-14(2)3)10-19(23)21(20)31-13-15-6-5-7-18(9-15)26(28)29/h5-11,14H,4,13H2,1-3H3,(H,25,27)/b17-8-. The van der Waals surface area contributed by atoms with Crippen LogP contribution in [0.1, 0.15) is 31.9 Å². The first-order chi connectivity index (χ1) is 14.7. The van der Waals surface area contributed by atoms with E-state index in [9.17, 15) is 20.2 Å². The minimum absolute atomic E-state index is 0.0191. The number of hydrogen-bond donors (Lipinski definition) is 1. The highest BCUT2D eigenvalue weighted by molar-refractivity contribution is 9.10. The van der Waals surface area contributed by atoms with E-state index >= 15 is 0 Å². The van der Waals surface area contributed by atoms with Crippen LogP contribution in [0.2, 0.25) is 0 Å². The van der Waals surface area contributed by atoms with Crippen molar-refractivity contribution < 1.29 is 19.2 Å². The van der Waals surface area contributed by atoms with Crippen molar-refractivity contribution in [3.05, 3.63) is 67.7 Å². The summed E-state index contributed by atoms with van der Waals surface area (Å²) in [6, 6.07) is 11.3. The van der Waals surface area contributed by atoms with E-state index in [0.717, 1.165) is 0 Å². The molecule has 0 heterocycles. The smallest absolute Gasteiger partial charge is 0.269 e. The molecule has 1 N–H and O–H groups in total. The lowest BCUT2D eigenvalue weighted by atomic mass is 10.1. The molecule has 0 atom stereocenters. The van der Waals surface area contributed by atoms with Gasteiger partial charge in [0, 0.05) is 18.2 Å². The van der Waals surface area contributed by atoms with E-state index in [-0.39, 0.29) is 23.9 Å². The van der Waals surface area contributed by atoms with Gasteiger partial charge in [0.15, 0.2) is 11.5 Å². The maximum atomic E-state index is 12.2. The molecule has 0 unspecified atom stereocenters. The van der Waals surface area contributed by atoms with Crippen LogP contribution in [0.5, 0.6) is 11.5 Å². The number of non-ortho nitro benzene ring substituents is 1. The molecule has 31 heavy (non-hydrogen) atoms. The molecular formula is C22H22BrN3O5. The third kappa shape index (κ3) is 6.83. The highest BCUT2D eigenvalue weighted by Gasteiger charge is 2.15. The Morgan fingerprint density at radius 2 is 2.06 bits per heavy atom. The highest BCUT2D eigenvalue weighted by atomic mass is 79.9. The van der Waals surface area contributed by atoms with Crippen LogP contribution in [0.25, 0.3) is 6.08 Å². The van der Waals surface area contributed by atoms with Gasteiger partial charge in [0.2, 0.25) is 0 Å². The normalized spacial score (nSPS) is 11.0. The molecule has 0 fully saturated rings. The average Bonchev–Trinajstić information content (AvgIpc) is 2.71. The van der Waals surface area contributed by atoms with Crippen molar-refractivity contribution in [3.8, 4) is 17.6 Å². The van der Waals surface area contributed by atoms with Gasteiger partial charge in [0.25, 0.3) is 11.6 Å². The van der Waals surface area contributed by atoms with Gasteiger partial charge in [-0.1, -0.05) is 12.1 Å². The molecule has 0 aliphatic carbocycles. The number of rotatable bonds is 9. The number of nitrogens with zero attached hydrogens (tertiary/aromatic N) is 2. The first kappa shape index (κ1) is 23.9. The predicted octanol–water partition coefficient (Wildman–Crippen LogP) is 4.77. The van der Waals surface area contributed by atoms with Gasteiger partial charge in [-0.2, -0.15) is 5.26 Å². The molecule has 0 bridgehead atoms. The third-order valence-corrected chi connectivity index (χ3v) is 4.52. The Bertz CT molecular complexity index is 1040. The Morgan fingerprint density at radius 1 is 1.32 bits per heavy atom. The number of nitrogens with one attached hydrogen (secondary N) is 1. The third-order valence-electron chi connectivity index (χ3n) is 3.93. The number of carbonyl (C=O) groups is 1. The zero-order valence-electron chi connectivity index (χ0n) is 17.3. The average molecular weight is 488 g/mol. The second-order valence-electron chi connectivity index (χ2n) is 6.78. The number of amides is 1. The van der Waals surface area contributed by atoms with Gasteiger partial charge < -0.3 is 14.8 Å². The molecule has 2 rings (SSSR count). The van der Waals surface area contributed by atoms with Crippen molar-refractivity contribution in [2.45, 2.75) is 33.4 Å². The fraction of sp³-hybridized carbons (Fsp3) is 0.273. The lowest BCUT2D eigenvalue weighted by Gasteiger charge is -2.15. The molecule has 9 heteroatoms. The van der Waals surface area contributed by atoms with E-state index in [1.54, 1.807) is 24.3 Å². The van der Waals surface area contributed by atoms with Gasteiger partial charge >= 0.3 is 0 Å². The molecule has 0 aromatic heterocycles. The molecule has 0 aliphatic rings. The summed E-state index contributed by atoms with van der Waals surface area (Å²) in [6.45, 7) is 5.90. The van der Waals surface area contributed by atoms with Gasteiger partial charge in [0.05, 0.1) is 16.0 Å². The van der Waals surface area contributed by atoms with Gasteiger partial charge in [-0.25, -0.2) is 0 Å². The monoisotopic (exact) mass is 487 g/mol. The number of nitro benzene ring substituents is 1. The van der Waals surface area contributed by atoms with Crippen molar-refractivity contribution >= 4 is 33.6 Å². The van der Waals surface area contributed by atoms with Crippen LogP contribution in [0, 0.1) is 21.4 Å². The zero-order chi connectivity index (χ0) is 23.0. The van der Waals surface area contributed by atoms with Crippen LogP contribution in [0.4, 0.5) is 5.69 Å². The predicted molar refractivity (Wildman–Crippen MR) is 120 cm³/mol. The van der Waals surface area contributed by atoms with E-state index in [1.807, 2.05) is 26.8 Å². The van der Waals surface area contributed by atoms with Crippen molar-refractivity contribution in [1.82, 2.24) is 5.32 Å². The van der Waals surface area contributed by atoms with Gasteiger partial charge in [0.1, 0.15) is 18.2 Å². The summed E-state index contributed by atoms with van der Waals surface area (Å²) >= 11 is 3.44. The summed E-state index contributed by atoms with van der Waals surface area (Å²) in [5.74, 6) is 0.364. The molecule has 2 aromatic rings. The SMILES string of the molecule is CCOc1cc(/C=C(/C#N)C(=O)NC(C)C)cc(Br)c1OCc1cccc([N+](=O)[O-])c1. The van der Waals surface area contributed by atoms with Crippen LogP contribution in [-0.4, -0.2) is 23.5 Å². The Morgan fingerprint density at radius 3 is 2.68 bits per heavy atom. The summed E-state index contributed by atoms with van der Waals surface area (Å²) in [4.78, 5) is 22.7. The largest absolute Gasteiger partial charge is 0.490 e. The van der Waals surface area contributed by atoms with Gasteiger partial charge in [-0.15, -0.1) is 0 Å². The van der Waals surface area contributed by atoms with Crippen molar-refractivity contribution in [3.63, 3.8) is 0 Å². The fourth-order valence-corrected chi connectivity index (χ4v) is 3.22. The summed E-state index contributed by atoms with van der Waals surface area (Å²) in [5.41, 5.74) is 1.15. The number of hydrogen-bond acceptors (Lipinski definition) is 6. The van der Waals surface area contributed by atoms with E-state index in [2.05, 4.69) is 21.2 Å². The molecule has 0 saturated carbocycles. The molecule has 8 nitrogen and oxygen atoms in total. The van der Waals surface area contributed by atoms with Crippen LogP contribution >= 0.6 is 15.9 Å². The lowest BCUT2D eigenvalue weighted by Crippen LogP contribution is -2.30. The van der Waals surface area contributed by atoms with Crippen LogP contribution in [-0.2, 0) is 11.4 Å². The molecule has 1 amide bonds. The summed E-state index contributed by atoms with van der Waals surface area (Å²) in [6.07, 6.45) is 1.47. The number of benzene rings is 2. The maximum absolute atomic E-state index is 12.2. The van der Waals surface area contributed by atoms with Crippen LogP contribution < -0.4 is 14.8 Å². The molecule has 162 valence electrons. The topological polar surface area (TPSA) is 114 Å². The summed E-state index contributed by atoms with van der Waals surface area (Å²) in [5, 5.41) is 23.0. The second-order valence-corrected chi connectivity index (χ2v) is 7.63. The van der Waals surface area contributed by atoms with Gasteiger partial charge in [-0.05, 0) is 66.0 Å². The molecule has 0 saturated heterocycles. The van der Waals surface area contributed by atoms with E-state index < -0.39 is 10.8 Å². The fourth-order valence-electron chi connectivity index (χ4n) is 2.64. The molecule has 0 spiro atoms. The van der Waals surface area contributed by atoms with Crippen LogP contribution in [0.3, 0.4) is 0 Å². The number of halogens is 1. The van der Waals surface area contributed by atoms with Crippen molar-refractivity contribution in [2.75, 3.05) is 6.61 Å². The van der Waals surface area contributed by atoms with Gasteiger partial charge in [-0.3, -0.25) is 14.9 Å². The first-order valence-corrected chi connectivity index (χ1v) is 10.3. The Hall–Kier alpha value is -3.38. The zero-order valence-corrected chi connectivity index (χ0v) is 18.9. The van der Waals surface area contributed by atoms with Crippen molar-refractivity contribution in [2.24, 2.45) is 0 Å². The highest BCUT2D eigenvalue weighted by Crippen LogP contribution is 2.38. The second kappa shape index (κ2) is 11.1.